The maximum atomic E-state index is 12.2. The molecular formula is C16H31N3O4. The minimum absolute atomic E-state index is 0.0587. The van der Waals surface area contributed by atoms with E-state index in [1.165, 1.54) is 0 Å². The van der Waals surface area contributed by atoms with Crippen LogP contribution in [0.3, 0.4) is 0 Å². The molecule has 0 radical (unpaired) electrons. The van der Waals surface area contributed by atoms with Crippen LogP contribution >= 0.6 is 0 Å². The SMILES string of the molecule is CCC(COC)NCC(=O)N1CCN(C(=O)OC(C)(C)C)CC1. The van der Waals surface area contributed by atoms with Gasteiger partial charge in [0.15, 0.2) is 0 Å². The summed E-state index contributed by atoms with van der Waals surface area (Å²) in [6, 6.07) is 0.187. The lowest BCUT2D eigenvalue weighted by molar-refractivity contribution is -0.132. The molecule has 0 aromatic carbocycles. The van der Waals surface area contributed by atoms with Crippen LogP contribution in [-0.2, 0) is 14.3 Å². The minimum Gasteiger partial charge on any atom is -0.444 e. The molecule has 1 saturated heterocycles. The third-order valence-corrected chi connectivity index (χ3v) is 3.69. The summed E-state index contributed by atoms with van der Waals surface area (Å²) < 4.78 is 10.5. The zero-order chi connectivity index (χ0) is 17.5. The molecule has 0 bridgehead atoms. The Morgan fingerprint density at radius 3 is 2.17 bits per heavy atom. The second-order valence-corrected chi connectivity index (χ2v) is 6.79. The van der Waals surface area contributed by atoms with E-state index < -0.39 is 5.60 Å². The fourth-order valence-electron chi connectivity index (χ4n) is 2.33. The van der Waals surface area contributed by atoms with Crippen LogP contribution in [0.15, 0.2) is 0 Å². The molecule has 0 aromatic rings. The Balaban J connectivity index is 2.35. The first-order valence-electron chi connectivity index (χ1n) is 8.24. The topological polar surface area (TPSA) is 71.1 Å². The number of rotatable bonds is 6. The van der Waals surface area contributed by atoms with Gasteiger partial charge in [0.05, 0.1) is 13.2 Å². The van der Waals surface area contributed by atoms with Crippen molar-refractivity contribution in [2.75, 3.05) is 46.4 Å². The van der Waals surface area contributed by atoms with E-state index in [0.29, 0.717) is 39.3 Å². The van der Waals surface area contributed by atoms with Crippen LogP contribution in [0.2, 0.25) is 0 Å². The average Bonchev–Trinajstić information content (AvgIpc) is 2.49. The monoisotopic (exact) mass is 329 g/mol. The summed E-state index contributed by atoms with van der Waals surface area (Å²) in [5, 5.41) is 3.21. The lowest BCUT2D eigenvalue weighted by Gasteiger charge is -2.35. The Bertz CT molecular complexity index is 387. The van der Waals surface area contributed by atoms with Crippen LogP contribution in [-0.4, -0.2) is 79.9 Å². The van der Waals surface area contributed by atoms with E-state index in [9.17, 15) is 9.59 Å². The van der Waals surface area contributed by atoms with Gasteiger partial charge in [-0.15, -0.1) is 0 Å². The van der Waals surface area contributed by atoms with Crippen LogP contribution < -0.4 is 5.32 Å². The fourth-order valence-corrected chi connectivity index (χ4v) is 2.33. The van der Waals surface area contributed by atoms with Crippen molar-refractivity contribution in [3.8, 4) is 0 Å². The highest BCUT2D eigenvalue weighted by Crippen LogP contribution is 2.11. The molecule has 7 nitrogen and oxygen atoms in total. The van der Waals surface area contributed by atoms with Gasteiger partial charge in [-0.2, -0.15) is 0 Å². The van der Waals surface area contributed by atoms with Crippen LogP contribution in [0.1, 0.15) is 34.1 Å². The molecule has 1 fully saturated rings. The molecule has 134 valence electrons. The lowest BCUT2D eigenvalue weighted by atomic mass is 10.2. The summed E-state index contributed by atoms with van der Waals surface area (Å²) in [6.07, 6.45) is 0.599. The molecule has 0 aromatic heterocycles. The smallest absolute Gasteiger partial charge is 0.410 e. The summed E-state index contributed by atoms with van der Waals surface area (Å²) in [6.45, 7) is 10.6. The number of nitrogens with zero attached hydrogens (tertiary/aromatic N) is 2. The van der Waals surface area contributed by atoms with E-state index in [1.54, 1.807) is 16.9 Å². The molecule has 1 aliphatic rings. The lowest BCUT2D eigenvalue weighted by Crippen LogP contribution is -2.53. The Kier molecular flexibility index (Phi) is 7.78. The number of nitrogens with one attached hydrogen (secondary N) is 1. The second-order valence-electron chi connectivity index (χ2n) is 6.79. The van der Waals surface area contributed by atoms with Gasteiger partial charge in [-0.25, -0.2) is 4.79 Å². The van der Waals surface area contributed by atoms with Gasteiger partial charge < -0.3 is 24.6 Å². The Labute approximate surface area is 139 Å². The maximum Gasteiger partial charge on any atom is 0.410 e. The largest absolute Gasteiger partial charge is 0.444 e. The predicted octanol–water partition coefficient (Wildman–Crippen LogP) is 1.08. The van der Waals surface area contributed by atoms with Gasteiger partial charge in [-0.3, -0.25) is 4.79 Å². The van der Waals surface area contributed by atoms with Crippen molar-refractivity contribution in [3.05, 3.63) is 0 Å². The Hall–Kier alpha value is -1.34. The van der Waals surface area contributed by atoms with E-state index in [2.05, 4.69) is 12.2 Å². The summed E-state index contributed by atoms with van der Waals surface area (Å²) in [5.41, 5.74) is -0.496. The van der Waals surface area contributed by atoms with Crippen molar-refractivity contribution < 1.29 is 19.1 Å². The molecule has 1 heterocycles. The zero-order valence-electron chi connectivity index (χ0n) is 15.1. The molecule has 7 heteroatoms. The molecular weight excluding hydrogens is 298 g/mol. The van der Waals surface area contributed by atoms with E-state index in [4.69, 9.17) is 9.47 Å². The summed E-state index contributed by atoms with van der Waals surface area (Å²) in [7, 11) is 1.65. The van der Waals surface area contributed by atoms with E-state index in [1.807, 2.05) is 20.8 Å². The van der Waals surface area contributed by atoms with E-state index in [0.717, 1.165) is 6.42 Å². The van der Waals surface area contributed by atoms with Gasteiger partial charge in [0.1, 0.15) is 5.60 Å². The van der Waals surface area contributed by atoms with Gasteiger partial charge in [0.25, 0.3) is 0 Å². The summed E-state index contributed by atoms with van der Waals surface area (Å²) >= 11 is 0. The number of amides is 2. The number of hydrogen-bond acceptors (Lipinski definition) is 5. The number of methoxy groups -OCH3 is 1. The van der Waals surface area contributed by atoms with Crippen molar-refractivity contribution in [2.24, 2.45) is 0 Å². The Morgan fingerprint density at radius 2 is 1.70 bits per heavy atom. The quantitative estimate of drug-likeness (QED) is 0.789. The average molecular weight is 329 g/mol. The van der Waals surface area contributed by atoms with Crippen molar-refractivity contribution in [1.29, 1.82) is 0 Å². The van der Waals surface area contributed by atoms with E-state index in [-0.39, 0.29) is 18.0 Å². The number of carbonyl (C=O) groups excluding carboxylic acids is 2. The summed E-state index contributed by atoms with van der Waals surface area (Å²) in [4.78, 5) is 27.6. The number of carbonyl (C=O) groups is 2. The molecule has 2 amide bonds. The maximum absolute atomic E-state index is 12.2. The second kappa shape index (κ2) is 9.08. The highest BCUT2D eigenvalue weighted by atomic mass is 16.6. The fraction of sp³-hybridized carbons (Fsp3) is 0.875. The summed E-state index contributed by atoms with van der Waals surface area (Å²) in [5.74, 6) is 0.0587. The molecule has 23 heavy (non-hydrogen) atoms. The molecule has 0 saturated carbocycles. The predicted molar refractivity (Wildman–Crippen MR) is 88.3 cm³/mol. The van der Waals surface area contributed by atoms with Gasteiger partial charge in [-0.1, -0.05) is 6.92 Å². The standard InChI is InChI=1S/C16H31N3O4/c1-6-13(12-22-5)17-11-14(20)18-7-9-19(10-8-18)15(21)23-16(2,3)4/h13,17H,6-12H2,1-5H3. The van der Waals surface area contributed by atoms with Crippen molar-refractivity contribution in [1.82, 2.24) is 15.1 Å². The number of hydrogen-bond donors (Lipinski definition) is 1. The molecule has 1 atom stereocenters. The molecule has 1 aliphatic heterocycles. The van der Waals surface area contributed by atoms with Crippen LogP contribution in [0.25, 0.3) is 0 Å². The Morgan fingerprint density at radius 1 is 1.13 bits per heavy atom. The first-order valence-corrected chi connectivity index (χ1v) is 8.24. The van der Waals surface area contributed by atoms with Gasteiger partial charge in [0, 0.05) is 39.3 Å². The van der Waals surface area contributed by atoms with Gasteiger partial charge >= 0.3 is 6.09 Å². The zero-order valence-corrected chi connectivity index (χ0v) is 15.1. The minimum atomic E-state index is -0.496. The molecule has 1 N–H and O–H groups in total. The normalized spacial score (nSPS) is 17.1. The number of ether oxygens (including phenoxy) is 2. The van der Waals surface area contributed by atoms with Crippen molar-refractivity contribution in [2.45, 2.75) is 45.8 Å². The van der Waals surface area contributed by atoms with Gasteiger partial charge in [-0.05, 0) is 27.2 Å². The molecule has 1 rings (SSSR count). The molecule has 0 aliphatic carbocycles. The van der Waals surface area contributed by atoms with Gasteiger partial charge in [0.2, 0.25) is 5.91 Å². The first kappa shape index (κ1) is 19.7. The highest BCUT2D eigenvalue weighted by Gasteiger charge is 2.27. The van der Waals surface area contributed by atoms with Crippen LogP contribution in [0, 0.1) is 0 Å². The number of piperazine rings is 1. The van der Waals surface area contributed by atoms with Crippen LogP contribution in [0.5, 0.6) is 0 Å². The van der Waals surface area contributed by atoms with Crippen molar-refractivity contribution in [3.63, 3.8) is 0 Å². The van der Waals surface area contributed by atoms with Crippen molar-refractivity contribution >= 4 is 12.0 Å². The molecule has 0 spiro atoms. The highest BCUT2D eigenvalue weighted by molar-refractivity contribution is 5.78. The molecule has 1 unspecified atom stereocenters. The van der Waals surface area contributed by atoms with Crippen LogP contribution in [0.4, 0.5) is 4.79 Å². The third-order valence-electron chi connectivity index (χ3n) is 3.69. The third kappa shape index (κ3) is 7.18. The van der Waals surface area contributed by atoms with E-state index >= 15 is 0 Å². The first-order chi connectivity index (χ1) is 10.8.